The van der Waals surface area contributed by atoms with Crippen LogP contribution in [0.3, 0.4) is 0 Å². The Morgan fingerprint density at radius 2 is 2.06 bits per heavy atom. The Hall–Kier alpha value is -0.860. The third-order valence-electron chi connectivity index (χ3n) is 3.94. The highest BCUT2D eigenvalue weighted by molar-refractivity contribution is 5.34. The maximum absolute atomic E-state index is 3.72. The first-order valence-electron chi connectivity index (χ1n) is 7.38. The van der Waals surface area contributed by atoms with Crippen LogP contribution in [-0.2, 0) is 6.42 Å². The number of rotatable bonds is 7. The minimum atomic E-state index is 0.585. The van der Waals surface area contributed by atoms with Gasteiger partial charge in [0, 0.05) is 19.1 Å². The smallest absolute Gasteiger partial charge is 0.0326 e. The monoisotopic (exact) mass is 246 g/mol. The van der Waals surface area contributed by atoms with Crippen molar-refractivity contribution in [2.45, 2.75) is 39.2 Å². The summed E-state index contributed by atoms with van der Waals surface area (Å²) in [6.07, 6.45) is 3.75. The third kappa shape index (κ3) is 3.33. The molecule has 18 heavy (non-hydrogen) atoms. The first kappa shape index (κ1) is 13.6. The molecule has 0 bridgehead atoms. The first-order chi connectivity index (χ1) is 8.85. The van der Waals surface area contributed by atoms with Crippen LogP contribution in [0, 0.1) is 0 Å². The molecule has 0 fully saturated rings. The molecule has 2 heteroatoms. The van der Waals surface area contributed by atoms with E-state index >= 15 is 0 Å². The molecule has 1 aromatic rings. The fourth-order valence-electron chi connectivity index (χ4n) is 2.91. The predicted octanol–water partition coefficient (Wildman–Crippen LogP) is 3.00. The summed E-state index contributed by atoms with van der Waals surface area (Å²) in [5, 5.41) is 3.72. The van der Waals surface area contributed by atoms with Crippen LogP contribution in [-0.4, -0.2) is 31.1 Å². The largest absolute Gasteiger partial charge is 0.309 e. The number of fused-ring (bicyclic) bond motifs is 1. The van der Waals surface area contributed by atoms with E-state index in [0.29, 0.717) is 6.04 Å². The lowest BCUT2D eigenvalue weighted by Gasteiger charge is -2.21. The number of hydrogen-bond acceptors (Lipinski definition) is 2. The maximum Gasteiger partial charge on any atom is 0.0326 e. The number of benzene rings is 1. The minimum absolute atomic E-state index is 0.585. The van der Waals surface area contributed by atoms with Crippen molar-refractivity contribution in [2.24, 2.45) is 0 Å². The van der Waals surface area contributed by atoms with E-state index in [0.717, 1.165) is 13.1 Å². The normalized spacial score (nSPS) is 18.3. The summed E-state index contributed by atoms with van der Waals surface area (Å²) < 4.78 is 0. The second kappa shape index (κ2) is 6.91. The van der Waals surface area contributed by atoms with Gasteiger partial charge < -0.3 is 10.2 Å². The molecule has 0 aliphatic heterocycles. The Morgan fingerprint density at radius 3 is 2.83 bits per heavy atom. The van der Waals surface area contributed by atoms with Crippen molar-refractivity contribution >= 4 is 0 Å². The zero-order valence-corrected chi connectivity index (χ0v) is 11.8. The number of likely N-dealkylation sites (N-methyl/N-ethyl adjacent to an activating group) is 1. The Labute approximate surface area is 111 Å². The molecule has 0 heterocycles. The number of aryl methyl sites for hydroxylation is 1. The second-order valence-corrected chi connectivity index (χ2v) is 5.18. The van der Waals surface area contributed by atoms with Crippen LogP contribution in [0.1, 0.15) is 43.9 Å². The molecular weight excluding hydrogens is 220 g/mol. The highest BCUT2D eigenvalue weighted by Gasteiger charge is 2.20. The summed E-state index contributed by atoms with van der Waals surface area (Å²) in [7, 11) is 0. The molecule has 1 aliphatic rings. The molecule has 2 nitrogen and oxygen atoms in total. The average molecular weight is 246 g/mol. The van der Waals surface area contributed by atoms with Crippen molar-refractivity contribution in [3.05, 3.63) is 35.4 Å². The lowest BCUT2D eigenvalue weighted by Crippen LogP contribution is -2.33. The fraction of sp³-hybridized carbons (Fsp3) is 0.625. The van der Waals surface area contributed by atoms with Gasteiger partial charge in [-0.15, -0.1) is 0 Å². The van der Waals surface area contributed by atoms with Gasteiger partial charge in [0.2, 0.25) is 0 Å². The van der Waals surface area contributed by atoms with Gasteiger partial charge in [0.1, 0.15) is 0 Å². The van der Waals surface area contributed by atoms with Crippen LogP contribution in [0.4, 0.5) is 0 Å². The van der Waals surface area contributed by atoms with E-state index < -0.39 is 0 Å². The van der Waals surface area contributed by atoms with Gasteiger partial charge in [-0.25, -0.2) is 0 Å². The topological polar surface area (TPSA) is 15.3 Å². The van der Waals surface area contributed by atoms with E-state index in [4.69, 9.17) is 0 Å². The highest BCUT2D eigenvalue weighted by Crippen LogP contribution is 2.30. The molecule has 1 aromatic carbocycles. The van der Waals surface area contributed by atoms with Gasteiger partial charge in [-0.05, 0) is 43.5 Å². The molecule has 0 saturated heterocycles. The van der Waals surface area contributed by atoms with E-state index in [-0.39, 0.29) is 0 Å². The lowest BCUT2D eigenvalue weighted by atomic mass is 10.1. The quantitative estimate of drug-likeness (QED) is 0.795. The summed E-state index contributed by atoms with van der Waals surface area (Å²) in [6, 6.07) is 9.45. The summed E-state index contributed by atoms with van der Waals surface area (Å²) in [5.74, 6) is 0. The van der Waals surface area contributed by atoms with E-state index in [1.807, 2.05) is 0 Å². The van der Waals surface area contributed by atoms with Crippen molar-refractivity contribution in [3.8, 4) is 0 Å². The van der Waals surface area contributed by atoms with Gasteiger partial charge in [-0.3, -0.25) is 0 Å². The van der Waals surface area contributed by atoms with E-state index in [2.05, 4.69) is 48.3 Å². The van der Waals surface area contributed by atoms with E-state index in [9.17, 15) is 0 Å². The summed E-state index contributed by atoms with van der Waals surface area (Å²) in [4.78, 5) is 2.52. The van der Waals surface area contributed by atoms with Crippen molar-refractivity contribution < 1.29 is 0 Å². The molecule has 0 spiro atoms. The summed E-state index contributed by atoms with van der Waals surface area (Å²) in [6.45, 7) is 9.16. The Morgan fingerprint density at radius 1 is 1.22 bits per heavy atom. The minimum Gasteiger partial charge on any atom is -0.309 e. The molecule has 0 radical (unpaired) electrons. The van der Waals surface area contributed by atoms with Crippen LogP contribution >= 0.6 is 0 Å². The molecule has 100 valence electrons. The molecule has 0 amide bonds. The van der Waals surface area contributed by atoms with Gasteiger partial charge in [0.05, 0.1) is 0 Å². The van der Waals surface area contributed by atoms with Gasteiger partial charge in [0.15, 0.2) is 0 Å². The molecule has 1 aliphatic carbocycles. The van der Waals surface area contributed by atoms with Gasteiger partial charge in [-0.1, -0.05) is 38.1 Å². The lowest BCUT2D eigenvalue weighted by molar-refractivity contribution is 0.282. The number of nitrogens with one attached hydrogen (secondary N) is 1. The molecule has 1 unspecified atom stereocenters. The molecule has 1 atom stereocenters. The SMILES string of the molecule is CCCN(CC)CCNC1CCc2ccccc21. The van der Waals surface area contributed by atoms with Crippen LogP contribution in [0.15, 0.2) is 24.3 Å². The first-order valence-corrected chi connectivity index (χ1v) is 7.38. The van der Waals surface area contributed by atoms with Crippen molar-refractivity contribution in [2.75, 3.05) is 26.2 Å². The van der Waals surface area contributed by atoms with Crippen LogP contribution < -0.4 is 5.32 Å². The van der Waals surface area contributed by atoms with E-state index in [1.165, 1.54) is 43.5 Å². The molecule has 0 saturated carbocycles. The zero-order chi connectivity index (χ0) is 12.8. The van der Waals surface area contributed by atoms with Gasteiger partial charge >= 0.3 is 0 Å². The van der Waals surface area contributed by atoms with Crippen molar-refractivity contribution in [3.63, 3.8) is 0 Å². The standard InChI is InChI=1S/C16H26N2/c1-3-12-18(4-2)13-11-17-16-10-9-14-7-5-6-8-15(14)16/h5-8,16-17H,3-4,9-13H2,1-2H3. The average Bonchev–Trinajstić information content (AvgIpc) is 2.81. The third-order valence-corrected chi connectivity index (χ3v) is 3.94. The van der Waals surface area contributed by atoms with Crippen molar-refractivity contribution in [1.82, 2.24) is 10.2 Å². The number of hydrogen-bond donors (Lipinski definition) is 1. The van der Waals surface area contributed by atoms with Gasteiger partial charge in [0.25, 0.3) is 0 Å². The van der Waals surface area contributed by atoms with Gasteiger partial charge in [-0.2, -0.15) is 0 Å². The predicted molar refractivity (Wildman–Crippen MR) is 77.9 cm³/mol. The molecular formula is C16H26N2. The summed E-state index contributed by atoms with van der Waals surface area (Å²) in [5.41, 5.74) is 3.06. The highest BCUT2D eigenvalue weighted by atomic mass is 15.1. The van der Waals surface area contributed by atoms with Crippen LogP contribution in [0.5, 0.6) is 0 Å². The fourth-order valence-corrected chi connectivity index (χ4v) is 2.91. The maximum atomic E-state index is 3.72. The molecule has 1 N–H and O–H groups in total. The number of nitrogens with zero attached hydrogens (tertiary/aromatic N) is 1. The zero-order valence-electron chi connectivity index (χ0n) is 11.8. The summed E-state index contributed by atoms with van der Waals surface area (Å²) >= 11 is 0. The van der Waals surface area contributed by atoms with Crippen LogP contribution in [0.2, 0.25) is 0 Å². The van der Waals surface area contributed by atoms with Crippen LogP contribution in [0.25, 0.3) is 0 Å². The van der Waals surface area contributed by atoms with Crippen molar-refractivity contribution in [1.29, 1.82) is 0 Å². The van der Waals surface area contributed by atoms with E-state index in [1.54, 1.807) is 0 Å². The Balaban J connectivity index is 1.78. The second-order valence-electron chi connectivity index (χ2n) is 5.18. The Kier molecular flexibility index (Phi) is 5.21. The Bertz CT molecular complexity index is 362. The molecule has 0 aromatic heterocycles. The molecule has 2 rings (SSSR count).